The second-order valence-corrected chi connectivity index (χ2v) is 3.69. The van der Waals surface area contributed by atoms with Gasteiger partial charge in [0.15, 0.2) is 5.78 Å². The first-order valence-electron chi connectivity index (χ1n) is 5.52. The van der Waals surface area contributed by atoms with Gasteiger partial charge in [0.1, 0.15) is 5.82 Å². The quantitative estimate of drug-likeness (QED) is 0.548. The predicted molar refractivity (Wildman–Crippen MR) is 61.2 cm³/mol. The summed E-state index contributed by atoms with van der Waals surface area (Å²) < 4.78 is 18.3. The molecule has 0 aromatic heterocycles. The third kappa shape index (κ3) is 3.74. The second kappa shape index (κ2) is 6.38. The minimum absolute atomic E-state index is 0.0291. The summed E-state index contributed by atoms with van der Waals surface area (Å²) in [7, 11) is 0. The van der Waals surface area contributed by atoms with E-state index >= 15 is 0 Å². The Balaban J connectivity index is 2.50. The summed E-state index contributed by atoms with van der Waals surface area (Å²) in [6.07, 6.45) is 1.09. The van der Waals surface area contributed by atoms with Crippen LogP contribution in [0.3, 0.4) is 0 Å². The minimum Gasteiger partial charge on any atom is -0.382 e. The van der Waals surface area contributed by atoms with Gasteiger partial charge in [0, 0.05) is 25.2 Å². The average molecular weight is 224 g/mol. The van der Waals surface area contributed by atoms with Gasteiger partial charge in [0.2, 0.25) is 0 Å². The standard InChI is InChI=1S/C13H17FO2/c1-3-16-8-4-5-13(15)11-7-6-10(2)12(14)9-11/h6-7,9H,3-5,8H2,1-2H3. The zero-order valence-corrected chi connectivity index (χ0v) is 9.75. The molecule has 16 heavy (non-hydrogen) atoms. The van der Waals surface area contributed by atoms with Crippen LogP contribution in [-0.4, -0.2) is 19.0 Å². The van der Waals surface area contributed by atoms with Crippen LogP contribution in [0.5, 0.6) is 0 Å². The molecule has 0 fully saturated rings. The van der Waals surface area contributed by atoms with E-state index in [0.717, 1.165) is 0 Å². The van der Waals surface area contributed by atoms with Crippen molar-refractivity contribution in [3.05, 3.63) is 35.1 Å². The molecule has 0 aliphatic heterocycles. The fourth-order valence-corrected chi connectivity index (χ4v) is 1.39. The first kappa shape index (κ1) is 12.8. The molecular weight excluding hydrogens is 207 g/mol. The van der Waals surface area contributed by atoms with Crippen molar-refractivity contribution in [3.63, 3.8) is 0 Å². The van der Waals surface area contributed by atoms with Crippen molar-refractivity contribution in [1.82, 2.24) is 0 Å². The number of rotatable bonds is 6. The zero-order valence-electron chi connectivity index (χ0n) is 9.75. The van der Waals surface area contributed by atoms with Gasteiger partial charge in [-0.3, -0.25) is 4.79 Å². The van der Waals surface area contributed by atoms with Gasteiger partial charge in [-0.2, -0.15) is 0 Å². The lowest BCUT2D eigenvalue weighted by atomic mass is 10.0. The van der Waals surface area contributed by atoms with Crippen LogP contribution in [0.2, 0.25) is 0 Å². The number of hydrogen-bond donors (Lipinski definition) is 0. The highest BCUT2D eigenvalue weighted by Gasteiger charge is 2.07. The van der Waals surface area contributed by atoms with Crippen molar-refractivity contribution >= 4 is 5.78 Å². The molecule has 1 rings (SSSR count). The van der Waals surface area contributed by atoms with Gasteiger partial charge in [-0.1, -0.05) is 12.1 Å². The first-order chi connectivity index (χ1) is 7.65. The largest absolute Gasteiger partial charge is 0.382 e. The van der Waals surface area contributed by atoms with E-state index < -0.39 is 0 Å². The van der Waals surface area contributed by atoms with Gasteiger partial charge >= 0.3 is 0 Å². The van der Waals surface area contributed by atoms with Crippen molar-refractivity contribution in [2.75, 3.05) is 13.2 Å². The molecule has 0 N–H and O–H groups in total. The van der Waals surface area contributed by atoms with Crippen LogP contribution in [0.4, 0.5) is 4.39 Å². The van der Waals surface area contributed by atoms with Crippen molar-refractivity contribution in [2.45, 2.75) is 26.7 Å². The fraction of sp³-hybridized carbons (Fsp3) is 0.462. The Morgan fingerprint density at radius 3 is 2.81 bits per heavy atom. The number of Topliss-reactive ketones (excluding diaryl/α,β-unsaturated/α-hetero) is 1. The van der Waals surface area contributed by atoms with E-state index in [9.17, 15) is 9.18 Å². The number of hydrogen-bond acceptors (Lipinski definition) is 2. The summed E-state index contributed by atoms with van der Waals surface area (Å²) in [5.74, 6) is -0.353. The molecule has 3 heteroatoms. The van der Waals surface area contributed by atoms with Crippen LogP contribution in [-0.2, 0) is 4.74 Å². The Hall–Kier alpha value is -1.22. The number of ether oxygens (including phenoxy) is 1. The van der Waals surface area contributed by atoms with Crippen molar-refractivity contribution < 1.29 is 13.9 Å². The molecular formula is C13H17FO2. The van der Waals surface area contributed by atoms with E-state index in [0.29, 0.717) is 37.2 Å². The Kier molecular flexibility index (Phi) is 5.12. The summed E-state index contributed by atoms with van der Waals surface area (Å²) in [5, 5.41) is 0. The van der Waals surface area contributed by atoms with Crippen LogP contribution in [0, 0.1) is 12.7 Å². The highest BCUT2D eigenvalue weighted by atomic mass is 19.1. The maximum Gasteiger partial charge on any atom is 0.163 e. The first-order valence-corrected chi connectivity index (χ1v) is 5.52. The van der Waals surface area contributed by atoms with Gasteiger partial charge < -0.3 is 4.74 Å². The molecule has 0 radical (unpaired) electrons. The van der Waals surface area contributed by atoms with Crippen molar-refractivity contribution in [1.29, 1.82) is 0 Å². The molecule has 0 unspecified atom stereocenters. The molecule has 0 spiro atoms. The highest BCUT2D eigenvalue weighted by Crippen LogP contribution is 2.11. The zero-order chi connectivity index (χ0) is 12.0. The van der Waals surface area contributed by atoms with E-state index in [-0.39, 0.29) is 11.6 Å². The van der Waals surface area contributed by atoms with Gasteiger partial charge in [-0.25, -0.2) is 4.39 Å². The molecule has 2 nitrogen and oxygen atoms in total. The van der Waals surface area contributed by atoms with Crippen LogP contribution in [0.15, 0.2) is 18.2 Å². The highest BCUT2D eigenvalue weighted by molar-refractivity contribution is 5.96. The lowest BCUT2D eigenvalue weighted by Crippen LogP contribution is -2.03. The fourth-order valence-electron chi connectivity index (χ4n) is 1.39. The average Bonchev–Trinajstić information content (AvgIpc) is 2.28. The summed E-state index contributed by atoms with van der Waals surface area (Å²) in [5.41, 5.74) is 1.01. The van der Waals surface area contributed by atoms with Crippen LogP contribution >= 0.6 is 0 Å². The lowest BCUT2D eigenvalue weighted by molar-refractivity contribution is 0.0946. The van der Waals surface area contributed by atoms with E-state index in [1.165, 1.54) is 6.07 Å². The van der Waals surface area contributed by atoms with Crippen LogP contribution in [0.25, 0.3) is 0 Å². The summed E-state index contributed by atoms with van der Waals surface area (Å²) >= 11 is 0. The van der Waals surface area contributed by atoms with Crippen LogP contribution in [0.1, 0.15) is 35.7 Å². The molecule has 0 saturated carbocycles. The normalized spacial score (nSPS) is 10.4. The maximum atomic E-state index is 13.2. The monoisotopic (exact) mass is 224 g/mol. The van der Waals surface area contributed by atoms with E-state index in [1.54, 1.807) is 19.1 Å². The van der Waals surface area contributed by atoms with E-state index in [2.05, 4.69) is 0 Å². The molecule has 0 bridgehead atoms. The second-order valence-electron chi connectivity index (χ2n) is 3.69. The number of carbonyl (C=O) groups is 1. The molecule has 0 amide bonds. The smallest absolute Gasteiger partial charge is 0.163 e. The Morgan fingerprint density at radius 1 is 1.44 bits per heavy atom. The molecule has 0 aliphatic rings. The number of benzene rings is 1. The SMILES string of the molecule is CCOCCCC(=O)c1ccc(C)c(F)c1. The minimum atomic E-state index is -0.323. The van der Waals surface area contributed by atoms with Crippen molar-refractivity contribution in [2.24, 2.45) is 0 Å². The molecule has 0 heterocycles. The van der Waals surface area contributed by atoms with Gasteiger partial charge in [0.05, 0.1) is 0 Å². The number of carbonyl (C=O) groups excluding carboxylic acids is 1. The summed E-state index contributed by atoms with van der Waals surface area (Å²) in [6.45, 7) is 4.83. The predicted octanol–water partition coefficient (Wildman–Crippen LogP) is 3.13. The van der Waals surface area contributed by atoms with Crippen molar-refractivity contribution in [3.8, 4) is 0 Å². The summed E-state index contributed by atoms with van der Waals surface area (Å²) in [4.78, 5) is 11.6. The van der Waals surface area contributed by atoms with Gasteiger partial charge in [-0.05, 0) is 31.9 Å². The molecule has 0 aliphatic carbocycles. The Labute approximate surface area is 95.4 Å². The van der Waals surface area contributed by atoms with E-state index in [1.807, 2.05) is 6.92 Å². The van der Waals surface area contributed by atoms with Crippen LogP contribution < -0.4 is 0 Å². The number of halogens is 1. The molecule has 0 saturated heterocycles. The molecule has 88 valence electrons. The van der Waals surface area contributed by atoms with Gasteiger partial charge in [0.25, 0.3) is 0 Å². The number of aryl methyl sites for hydroxylation is 1. The summed E-state index contributed by atoms with van der Waals surface area (Å²) in [6, 6.07) is 4.60. The third-order valence-electron chi connectivity index (χ3n) is 2.39. The lowest BCUT2D eigenvalue weighted by Gasteiger charge is -2.03. The third-order valence-corrected chi connectivity index (χ3v) is 2.39. The van der Waals surface area contributed by atoms with Gasteiger partial charge in [-0.15, -0.1) is 0 Å². The maximum absolute atomic E-state index is 13.2. The Bertz CT molecular complexity index is 361. The Morgan fingerprint density at radius 2 is 2.19 bits per heavy atom. The number of ketones is 1. The molecule has 1 aromatic rings. The molecule has 0 atom stereocenters. The van der Waals surface area contributed by atoms with E-state index in [4.69, 9.17) is 4.74 Å². The molecule has 1 aromatic carbocycles. The topological polar surface area (TPSA) is 26.3 Å².